The van der Waals surface area contributed by atoms with Gasteiger partial charge in [-0.05, 0) is 78.6 Å². The third-order valence-corrected chi connectivity index (χ3v) is 9.51. The first-order valence-electron chi connectivity index (χ1n) is 12.8. The normalized spacial score (nSPS) is 34.2. The van der Waals surface area contributed by atoms with Gasteiger partial charge in [0.15, 0.2) is 0 Å². The summed E-state index contributed by atoms with van der Waals surface area (Å²) in [6.45, 7) is 2.89. The molecule has 4 saturated carbocycles. The molecule has 8 atom stereocenters. The van der Waals surface area contributed by atoms with Crippen molar-refractivity contribution in [3.05, 3.63) is 35.9 Å². The number of benzene rings is 1. The predicted octanol–water partition coefficient (Wildman–Crippen LogP) is 4.58. The van der Waals surface area contributed by atoms with Gasteiger partial charge < -0.3 is 10.6 Å². The molecule has 2 N–H and O–H groups in total. The van der Waals surface area contributed by atoms with E-state index in [0.29, 0.717) is 35.2 Å². The molecule has 35 heavy (non-hydrogen) atoms. The maximum atomic E-state index is 13.2. The summed E-state index contributed by atoms with van der Waals surface area (Å²) in [6.07, 6.45) is 1.44. The van der Waals surface area contributed by atoms with Crippen LogP contribution in [-0.2, 0) is 14.4 Å². The van der Waals surface area contributed by atoms with Crippen LogP contribution >= 0.6 is 0 Å². The van der Waals surface area contributed by atoms with Crippen LogP contribution in [0.15, 0.2) is 30.3 Å². The summed E-state index contributed by atoms with van der Waals surface area (Å²) in [6, 6.07) is 5.56. The van der Waals surface area contributed by atoms with Crippen LogP contribution in [0.25, 0.3) is 0 Å². The lowest BCUT2D eigenvalue weighted by molar-refractivity contribution is -0.175. The molecule has 1 aromatic rings. The van der Waals surface area contributed by atoms with E-state index in [4.69, 9.17) is 0 Å². The largest absolute Gasteiger partial charge is 0.452 e. The lowest BCUT2D eigenvalue weighted by Crippen LogP contribution is -2.53. The first-order chi connectivity index (χ1) is 16.5. The molecular weight excluding hydrogens is 457 g/mol. The van der Waals surface area contributed by atoms with E-state index in [9.17, 15) is 27.6 Å². The Bertz CT molecular complexity index is 985. The van der Waals surface area contributed by atoms with E-state index in [-0.39, 0.29) is 5.91 Å². The predicted molar refractivity (Wildman–Crippen MR) is 123 cm³/mol. The molecule has 1 aromatic carbocycles. The Labute approximate surface area is 203 Å². The van der Waals surface area contributed by atoms with Crippen molar-refractivity contribution in [1.82, 2.24) is 10.6 Å². The van der Waals surface area contributed by atoms with Crippen molar-refractivity contribution in [2.75, 3.05) is 0 Å². The fourth-order valence-corrected chi connectivity index (χ4v) is 7.97. The fraction of sp³-hybridized carbons (Fsp3) is 0.667. The van der Waals surface area contributed by atoms with Crippen LogP contribution in [0.3, 0.4) is 0 Å². The summed E-state index contributed by atoms with van der Waals surface area (Å²) in [7, 11) is 0. The van der Waals surface area contributed by atoms with Gasteiger partial charge in [0, 0.05) is 6.42 Å². The lowest BCUT2D eigenvalue weighted by Gasteiger charge is -2.49. The first kappa shape index (κ1) is 24.3. The minimum atomic E-state index is -5.06. The number of carbonyl (C=O) groups excluding carboxylic acids is 3. The summed E-state index contributed by atoms with van der Waals surface area (Å²) >= 11 is 0. The number of hydrogen-bond donors (Lipinski definition) is 2. The highest BCUT2D eigenvalue weighted by Gasteiger charge is 2.68. The Morgan fingerprint density at radius 3 is 2.11 bits per heavy atom. The molecule has 3 bridgehead atoms. The molecular formula is C27H33F3N2O3. The van der Waals surface area contributed by atoms with Gasteiger partial charge in [0.2, 0.25) is 11.8 Å². The van der Waals surface area contributed by atoms with E-state index >= 15 is 0 Å². The fourth-order valence-electron chi connectivity index (χ4n) is 7.97. The monoisotopic (exact) mass is 490 g/mol. The molecule has 190 valence electrons. The van der Waals surface area contributed by atoms with Crippen molar-refractivity contribution in [3.63, 3.8) is 0 Å². The second kappa shape index (κ2) is 8.63. The summed E-state index contributed by atoms with van der Waals surface area (Å²) in [5, 5.41) is 5.07. The highest BCUT2D eigenvalue weighted by molar-refractivity contribution is 5.95. The Morgan fingerprint density at radius 1 is 0.971 bits per heavy atom. The van der Waals surface area contributed by atoms with E-state index in [1.54, 1.807) is 30.3 Å². The lowest BCUT2D eigenvalue weighted by atomic mass is 9.56. The summed E-state index contributed by atoms with van der Waals surface area (Å²) in [5.74, 6) is -0.798. The third kappa shape index (κ3) is 4.16. The van der Waals surface area contributed by atoms with Crippen molar-refractivity contribution >= 4 is 17.6 Å². The molecule has 0 heterocycles. The number of halogens is 3. The maximum Gasteiger partial charge on any atom is 0.452 e. The smallest absolute Gasteiger partial charge is 0.344 e. The second-order valence-electron chi connectivity index (χ2n) is 11.6. The number of rotatable bonds is 8. The van der Waals surface area contributed by atoms with Gasteiger partial charge >= 0.3 is 6.18 Å². The van der Waals surface area contributed by atoms with E-state index in [1.807, 2.05) is 0 Å². The Hall–Kier alpha value is -2.38. The molecule has 5 nitrogen and oxygen atoms in total. The van der Waals surface area contributed by atoms with Crippen LogP contribution in [0, 0.1) is 40.9 Å². The first-order valence-corrected chi connectivity index (χ1v) is 12.8. The van der Waals surface area contributed by atoms with Gasteiger partial charge in [0.1, 0.15) is 6.04 Å². The van der Waals surface area contributed by atoms with Crippen molar-refractivity contribution < 1.29 is 27.6 Å². The molecule has 0 aliphatic heterocycles. The minimum absolute atomic E-state index is 0.262. The molecule has 8 heteroatoms. The van der Waals surface area contributed by atoms with Gasteiger partial charge in [-0.25, -0.2) is 0 Å². The van der Waals surface area contributed by atoms with E-state index in [0.717, 1.165) is 11.8 Å². The molecule has 4 aliphatic carbocycles. The molecule has 1 spiro atoms. The van der Waals surface area contributed by atoms with Gasteiger partial charge in [0.05, 0.1) is 6.04 Å². The van der Waals surface area contributed by atoms with Crippen LogP contribution in [0.4, 0.5) is 13.2 Å². The molecule has 3 unspecified atom stereocenters. The number of amides is 2. The van der Waals surface area contributed by atoms with Crippen molar-refractivity contribution in [2.24, 2.45) is 40.9 Å². The number of Topliss-reactive ketones (excluding diaryl/α,β-unsaturated/α-hetero) is 1. The molecule has 2 amide bonds. The van der Waals surface area contributed by atoms with Crippen LogP contribution < -0.4 is 10.6 Å². The highest BCUT2D eigenvalue weighted by Crippen LogP contribution is 2.76. The standard InChI is InChI=1S/C27H33F3N2O3/c1-14(2)22(24(34)27(28,29)30)32-25(35)23(15-6-4-3-5-7-15)31-21(33)11-20-16-8-18-10-19-9-17(20)13-26(18,19)12-16/h3-7,14,16-20,22-23H,8-13H2,1-2H3,(H,31,33)(H,32,35)/t16-,17?,18+,19+,20?,22-,23-,26?/m0/s1. The Balaban J connectivity index is 1.30. The van der Waals surface area contributed by atoms with Crippen molar-refractivity contribution in [2.45, 2.75) is 70.6 Å². The Morgan fingerprint density at radius 2 is 1.57 bits per heavy atom. The van der Waals surface area contributed by atoms with Gasteiger partial charge in [-0.15, -0.1) is 0 Å². The zero-order valence-electron chi connectivity index (χ0n) is 20.1. The topological polar surface area (TPSA) is 75.3 Å². The number of hydrogen-bond acceptors (Lipinski definition) is 3. The van der Waals surface area contributed by atoms with Crippen LogP contribution in [0.5, 0.6) is 0 Å². The molecule has 4 aliphatic rings. The molecule has 0 radical (unpaired) electrons. The van der Waals surface area contributed by atoms with Crippen LogP contribution in [-0.4, -0.2) is 29.8 Å². The second-order valence-corrected chi connectivity index (χ2v) is 11.6. The Kier molecular flexibility index (Phi) is 5.99. The molecule has 4 fully saturated rings. The van der Waals surface area contributed by atoms with Gasteiger partial charge in [-0.1, -0.05) is 44.2 Å². The maximum absolute atomic E-state index is 13.2. The number of carbonyl (C=O) groups is 3. The van der Waals surface area contributed by atoms with E-state index < -0.39 is 35.9 Å². The number of alkyl halides is 3. The van der Waals surface area contributed by atoms with Crippen molar-refractivity contribution in [1.29, 1.82) is 0 Å². The number of nitrogens with one attached hydrogen (secondary N) is 2. The minimum Gasteiger partial charge on any atom is -0.344 e. The SMILES string of the molecule is CC(C)[C@H](NC(=O)[C@@H](NC(=O)CC1C2C[C@@H]3C[C@H]4C[C@H]1CC34C2)c1ccccc1)C(=O)C(F)(F)F. The zero-order chi connectivity index (χ0) is 25.1. The third-order valence-electron chi connectivity index (χ3n) is 9.51. The summed E-state index contributed by atoms with van der Waals surface area (Å²) < 4.78 is 39.3. The van der Waals surface area contributed by atoms with Crippen LogP contribution in [0.2, 0.25) is 0 Å². The van der Waals surface area contributed by atoms with Crippen molar-refractivity contribution in [3.8, 4) is 0 Å². The average molecular weight is 491 g/mol. The highest BCUT2D eigenvalue weighted by atomic mass is 19.4. The van der Waals surface area contributed by atoms with Gasteiger partial charge in [0.25, 0.3) is 5.78 Å². The molecule has 5 rings (SSSR count). The number of ketones is 1. The summed E-state index contributed by atoms with van der Waals surface area (Å²) in [4.78, 5) is 38.3. The molecule has 0 saturated heterocycles. The number of fused-ring (bicyclic) bond motifs is 2. The average Bonchev–Trinajstić information content (AvgIpc) is 3.18. The van der Waals surface area contributed by atoms with Crippen LogP contribution in [0.1, 0.15) is 64.0 Å². The van der Waals surface area contributed by atoms with E-state index in [1.165, 1.54) is 46.0 Å². The van der Waals surface area contributed by atoms with Gasteiger partial charge in [-0.3, -0.25) is 14.4 Å². The quantitative estimate of drug-likeness (QED) is 0.560. The molecule has 0 aromatic heterocycles. The van der Waals surface area contributed by atoms with E-state index in [2.05, 4.69) is 10.6 Å². The zero-order valence-corrected chi connectivity index (χ0v) is 20.1. The summed E-state index contributed by atoms with van der Waals surface area (Å²) in [5.41, 5.74) is 1.01. The van der Waals surface area contributed by atoms with Gasteiger partial charge in [-0.2, -0.15) is 13.2 Å².